The van der Waals surface area contributed by atoms with Crippen molar-refractivity contribution in [3.63, 3.8) is 0 Å². The maximum Gasteiger partial charge on any atom is 0.252 e. The van der Waals surface area contributed by atoms with Crippen molar-refractivity contribution in [1.82, 2.24) is 5.32 Å². The number of sulfonamides is 1. The van der Waals surface area contributed by atoms with Crippen molar-refractivity contribution in [1.29, 1.82) is 0 Å². The molecule has 7 heteroatoms. The van der Waals surface area contributed by atoms with Crippen LogP contribution in [-0.2, 0) is 10.0 Å². The number of carbonyl (C=O) groups is 1. The minimum absolute atomic E-state index is 0.115. The van der Waals surface area contributed by atoms with Gasteiger partial charge in [0, 0.05) is 6.54 Å². The molecule has 20 heavy (non-hydrogen) atoms. The highest BCUT2D eigenvalue weighted by atomic mass is 35.5. The molecule has 1 rings (SSSR count). The van der Waals surface area contributed by atoms with Crippen molar-refractivity contribution in [3.05, 3.63) is 28.8 Å². The first-order valence-corrected chi connectivity index (χ1v) is 8.32. The van der Waals surface area contributed by atoms with Gasteiger partial charge in [0.05, 0.1) is 15.5 Å². The van der Waals surface area contributed by atoms with E-state index in [9.17, 15) is 13.2 Å². The van der Waals surface area contributed by atoms with Crippen molar-refractivity contribution in [2.75, 3.05) is 6.54 Å². The Morgan fingerprint density at radius 2 is 1.95 bits per heavy atom. The first kappa shape index (κ1) is 16.9. The van der Waals surface area contributed by atoms with E-state index in [4.69, 9.17) is 16.7 Å². The zero-order valence-electron chi connectivity index (χ0n) is 11.5. The first-order chi connectivity index (χ1) is 9.29. The van der Waals surface area contributed by atoms with Crippen molar-refractivity contribution in [3.8, 4) is 0 Å². The molecule has 0 bridgehead atoms. The standard InChI is InChI=1S/C13H19ClN2O3S/c1-3-9(4-2)8-16-13(17)11-7-10(20(15,18)19)5-6-12(11)14/h5-7,9H,3-4,8H2,1-2H3,(H,16,17)(H2,15,18,19). The van der Waals surface area contributed by atoms with Crippen molar-refractivity contribution < 1.29 is 13.2 Å². The Morgan fingerprint density at radius 1 is 1.35 bits per heavy atom. The van der Waals surface area contributed by atoms with Gasteiger partial charge in [-0.3, -0.25) is 4.79 Å². The van der Waals surface area contributed by atoms with E-state index in [1.807, 2.05) is 0 Å². The third kappa shape index (κ3) is 4.47. The molecule has 0 spiro atoms. The number of carbonyl (C=O) groups excluding carboxylic acids is 1. The third-order valence-electron chi connectivity index (χ3n) is 3.22. The predicted octanol–water partition coefficient (Wildman–Crippen LogP) is 2.15. The van der Waals surface area contributed by atoms with E-state index < -0.39 is 15.9 Å². The summed E-state index contributed by atoms with van der Waals surface area (Å²) >= 11 is 5.93. The molecule has 1 amide bonds. The number of hydrogen-bond donors (Lipinski definition) is 2. The topological polar surface area (TPSA) is 89.3 Å². The van der Waals surface area contributed by atoms with Gasteiger partial charge in [-0.1, -0.05) is 38.3 Å². The van der Waals surface area contributed by atoms with Crippen LogP contribution in [0.15, 0.2) is 23.1 Å². The van der Waals surface area contributed by atoms with Crippen LogP contribution in [0.3, 0.4) is 0 Å². The molecule has 0 aromatic heterocycles. The highest BCUT2D eigenvalue weighted by Gasteiger charge is 2.16. The molecule has 0 aliphatic rings. The maximum atomic E-state index is 12.0. The average molecular weight is 319 g/mol. The lowest BCUT2D eigenvalue weighted by atomic mass is 10.0. The molecule has 0 radical (unpaired) electrons. The molecule has 3 N–H and O–H groups in total. The number of amides is 1. The van der Waals surface area contributed by atoms with E-state index in [-0.39, 0.29) is 15.5 Å². The highest BCUT2D eigenvalue weighted by molar-refractivity contribution is 7.89. The lowest BCUT2D eigenvalue weighted by molar-refractivity contribution is 0.0946. The van der Waals surface area contributed by atoms with Crippen molar-refractivity contribution in [2.24, 2.45) is 11.1 Å². The Morgan fingerprint density at radius 3 is 2.45 bits per heavy atom. The van der Waals surface area contributed by atoms with Gasteiger partial charge in [0.1, 0.15) is 0 Å². The number of halogens is 1. The summed E-state index contributed by atoms with van der Waals surface area (Å²) in [6, 6.07) is 3.82. The largest absolute Gasteiger partial charge is 0.352 e. The Kier molecular flexibility index (Phi) is 5.98. The second kappa shape index (κ2) is 7.06. The normalized spacial score (nSPS) is 11.7. The molecule has 0 heterocycles. The Balaban J connectivity index is 2.93. The zero-order valence-corrected chi connectivity index (χ0v) is 13.1. The van der Waals surface area contributed by atoms with Crippen LogP contribution in [0, 0.1) is 5.92 Å². The minimum atomic E-state index is -3.85. The van der Waals surface area contributed by atoms with E-state index in [0.717, 1.165) is 12.8 Å². The fourth-order valence-corrected chi connectivity index (χ4v) is 2.51. The lowest BCUT2D eigenvalue weighted by Crippen LogP contribution is -2.29. The Bertz CT molecular complexity index is 583. The molecule has 1 aromatic carbocycles. The van der Waals surface area contributed by atoms with Crippen LogP contribution in [0.5, 0.6) is 0 Å². The molecule has 0 saturated carbocycles. The van der Waals surface area contributed by atoms with E-state index in [0.29, 0.717) is 12.5 Å². The van der Waals surface area contributed by atoms with E-state index in [1.165, 1.54) is 18.2 Å². The molecule has 112 valence electrons. The quantitative estimate of drug-likeness (QED) is 0.842. The predicted molar refractivity (Wildman–Crippen MR) is 79.2 cm³/mol. The molecule has 0 unspecified atom stereocenters. The summed E-state index contributed by atoms with van der Waals surface area (Å²) in [5, 5.41) is 7.99. The van der Waals surface area contributed by atoms with Crippen LogP contribution < -0.4 is 10.5 Å². The fourth-order valence-electron chi connectivity index (χ4n) is 1.76. The summed E-state index contributed by atoms with van der Waals surface area (Å²) in [5.74, 6) is -0.00782. The van der Waals surface area contributed by atoms with Gasteiger partial charge in [-0.15, -0.1) is 0 Å². The van der Waals surface area contributed by atoms with Crippen LogP contribution in [0.4, 0.5) is 0 Å². The minimum Gasteiger partial charge on any atom is -0.352 e. The second-order valence-corrected chi connectivity index (χ2v) is 6.55. The lowest BCUT2D eigenvalue weighted by Gasteiger charge is -2.14. The van der Waals surface area contributed by atoms with Gasteiger partial charge < -0.3 is 5.32 Å². The summed E-state index contributed by atoms with van der Waals surface area (Å²) in [7, 11) is -3.85. The molecule has 1 aromatic rings. The fraction of sp³-hybridized carbons (Fsp3) is 0.462. The zero-order chi connectivity index (χ0) is 15.3. The Hall–Kier alpha value is -1.11. The molecule has 0 fully saturated rings. The van der Waals surface area contributed by atoms with Gasteiger partial charge in [-0.25, -0.2) is 13.6 Å². The summed E-state index contributed by atoms with van der Waals surface area (Å²) in [6.45, 7) is 4.63. The van der Waals surface area contributed by atoms with Gasteiger partial charge in [0.15, 0.2) is 0 Å². The Labute approximate surface area is 124 Å². The average Bonchev–Trinajstić information content (AvgIpc) is 2.38. The van der Waals surface area contributed by atoms with Crippen LogP contribution in [-0.4, -0.2) is 20.9 Å². The second-order valence-electron chi connectivity index (χ2n) is 4.58. The summed E-state index contributed by atoms with van der Waals surface area (Å²) < 4.78 is 22.6. The van der Waals surface area contributed by atoms with Crippen LogP contribution in [0.25, 0.3) is 0 Å². The van der Waals surface area contributed by atoms with E-state index in [1.54, 1.807) is 0 Å². The van der Waals surface area contributed by atoms with Gasteiger partial charge >= 0.3 is 0 Å². The third-order valence-corrected chi connectivity index (χ3v) is 4.46. The molecular formula is C13H19ClN2O3S. The number of rotatable bonds is 6. The monoisotopic (exact) mass is 318 g/mol. The van der Waals surface area contributed by atoms with Gasteiger partial charge in [0.25, 0.3) is 5.91 Å². The molecule has 0 aliphatic carbocycles. The number of benzene rings is 1. The van der Waals surface area contributed by atoms with Gasteiger partial charge in [-0.05, 0) is 24.1 Å². The number of hydrogen-bond acceptors (Lipinski definition) is 3. The van der Waals surface area contributed by atoms with Crippen LogP contribution >= 0.6 is 11.6 Å². The highest BCUT2D eigenvalue weighted by Crippen LogP contribution is 2.20. The van der Waals surface area contributed by atoms with Gasteiger partial charge in [0.2, 0.25) is 10.0 Å². The molecular weight excluding hydrogens is 300 g/mol. The van der Waals surface area contributed by atoms with E-state index >= 15 is 0 Å². The van der Waals surface area contributed by atoms with E-state index in [2.05, 4.69) is 19.2 Å². The molecule has 0 atom stereocenters. The first-order valence-electron chi connectivity index (χ1n) is 6.40. The molecule has 5 nitrogen and oxygen atoms in total. The maximum absolute atomic E-state index is 12.0. The van der Waals surface area contributed by atoms with Gasteiger partial charge in [-0.2, -0.15) is 0 Å². The molecule has 0 saturated heterocycles. The summed E-state index contributed by atoms with van der Waals surface area (Å²) in [6.07, 6.45) is 1.92. The molecule has 0 aliphatic heterocycles. The summed E-state index contributed by atoms with van der Waals surface area (Å²) in [4.78, 5) is 11.9. The SMILES string of the molecule is CCC(CC)CNC(=O)c1cc(S(N)(=O)=O)ccc1Cl. The number of primary sulfonamides is 1. The number of nitrogens with one attached hydrogen (secondary N) is 1. The van der Waals surface area contributed by atoms with Crippen molar-refractivity contribution >= 4 is 27.5 Å². The van der Waals surface area contributed by atoms with Crippen molar-refractivity contribution in [2.45, 2.75) is 31.6 Å². The summed E-state index contributed by atoms with van der Waals surface area (Å²) in [5.41, 5.74) is 0.115. The van der Waals surface area contributed by atoms with Crippen LogP contribution in [0.1, 0.15) is 37.0 Å². The smallest absolute Gasteiger partial charge is 0.252 e. The number of nitrogens with two attached hydrogens (primary N) is 1. The van der Waals surface area contributed by atoms with Crippen LogP contribution in [0.2, 0.25) is 5.02 Å².